The highest BCUT2D eigenvalue weighted by Gasteiger charge is 2.30. The number of guanidine groups is 1. The number of benzene rings is 2. The Morgan fingerprint density at radius 3 is 2.42 bits per heavy atom. The normalized spacial score (nSPS) is 15.8. The molecule has 0 aromatic heterocycles. The van der Waals surface area contributed by atoms with Crippen molar-refractivity contribution in [3.05, 3.63) is 59.2 Å². The fraction of sp³-hybridized carbons (Fsp3) is 0.435. The molecule has 5 nitrogen and oxygen atoms in total. The van der Waals surface area contributed by atoms with Crippen LogP contribution in [-0.2, 0) is 22.9 Å². The van der Waals surface area contributed by atoms with E-state index in [-0.39, 0.29) is 17.7 Å². The molecule has 1 fully saturated rings. The van der Waals surface area contributed by atoms with Crippen LogP contribution in [0, 0.1) is 0 Å². The molecule has 0 unspecified atom stereocenters. The van der Waals surface area contributed by atoms with Gasteiger partial charge in [-0.15, -0.1) is 0 Å². The highest BCUT2D eigenvalue weighted by atomic mass is 19.4. The predicted molar refractivity (Wildman–Crippen MR) is 115 cm³/mol. The molecule has 0 saturated carbocycles. The van der Waals surface area contributed by atoms with E-state index in [0.29, 0.717) is 43.5 Å². The Morgan fingerprint density at radius 1 is 1.06 bits per heavy atom. The van der Waals surface area contributed by atoms with Crippen LogP contribution in [0.4, 0.5) is 18.9 Å². The van der Waals surface area contributed by atoms with Crippen molar-refractivity contribution in [1.82, 2.24) is 4.90 Å². The maximum atomic E-state index is 13.0. The molecule has 0 radical (unpaired) electrons. The molecule has 8 heteroatoms. The van der Waals surface area contributed by atoms with E-state index in [0.717, 1.165) is 17.7 Å². The summed E-state index contributed by atoms with van der Waals surface area (Å²) in [6.45, 7) is 8.54. The average molecular weight is 435 g/mol. The molecule has 2 aromatic carbocycles. The van der Waals surface area contributed by atoms with E-state index >= 15 is 0 Å². The lowest BCUT2D eigenvalue weighted by molar-refractivity contribution is -0.137. The first kappa shape index (κ1) is 22.9. The molecule has 2 aromatic rings. The molecule has 0 spiro atoms. The Labute approximate surface area is 180 Å². The summed E-state index contributed by atoms with van der Waals surface area (Å²) in [5, 5.41) is 13.6. The van der Waals surface area contributed by atoms with Crippen molar-refractivity contribution in [3.63, 3.8) is 0 Å². The van der Waals surface area contributed by atoms with Gasteiger partial charge in [0.15, 0.2) is 5.96 Å². The number of ether oxygens (including phenoxy) is 1. The van der Waals surface area contributed by atoms with E-state index in [1.807, 2.05) is 17.0 Å². The smallest absolute Gasteiger partial charge is 0.416 e. The standard InChI is InChI=1S/C23H28F3N3O2/c1-22(2,3)17-7-8-20(30)19(14-17)28-21(29-9-11-31-12-10-29)27-15-16-5-4-6-18(13-16)23(24,25)26/h4-8,13-14,30H,9-12,15H2,1-3H3,(H,27,28). The van der Waals surface area contributed by atoms with E-state index in [1.54, 1.807) is 12.1 Å². The number of aliphatic imine (C=N–C) groups is 1. The maximum Gasteiger partial charge on any atom is 0.416 e. The van der Waals surface area contributed by atoms with Gasteiger partial charge in [0, 0.05) is 13.1 Å². The topological polar surface area (TPSA) is 57.1 Å². The lowest BCUT2D eigenvalue weighted by atomic mass is 9.87. The minimum atomic E-state index is -4.40. The average Bonchev–Trinajstić information content (AvgIpc) is 2.71. The SMILES string of the molecule is CC(C)(C)c1ccc(O)c(NC(=NCc2cccc(C(F)(F)F)c2)N2CCOCC2)c1. The van der Waals surface area contributed by atoms with Crippen molar-refractivity contribution in [2.45, 2.75) is 38.9 Å². The van der Waals surface area contributed by atoms with Crippen LogP contribution >= 0.6 is 0 Å². The summed E-state index contributed by atoms with van der Waals surface area (Å²) in [6, 6.07) is 10.5. The van der Waals surface area contributed by atoms with Crippen molar-refractivity contribution in [3.8, 4) is 5.75 Å². The zero-order valence-corrected chi connectivity index (χ0v) is 18.0. The van der Waals surface area contributed by atoms with Gasteiger partial charge in [-0.05, 0) is 40.8 Å². The van der Waals surface area contributed by atoms with E-state index in [9.17, 15) is 18.3 Å². The largest absolute Gasteiger partial charge is 0.506 e. The van der Waals surface area contributed by atoms with E-state index in [2.05, 4.69) is 31.1 Å². The van der Waals surface area contributed by atoms with Gasteiger partial charge in [-0.2, -0.15) is 13.2 Å². The fourth-order valence-electron chi connectivity index (χ4n) is 3.23. The third-order valence-electron chi connectivity index (χ3n) is 5.09. The Bertz CT molecular complexity index is 930. The zero-order chi connectivity index (χ0) is 22.6. The summed E-state index contributed by atoms with van der Waals surface area (Å²) in [5.41, 5.74) is 1.18. The molecule has 168 valence electrons. The van der Waals surface area contributed by atoms with Crippen molar-refractivity contribution >= 4 is 11.6 Å². The highest BCUT2D eigenvalue weighted by molar-refractivity contribution is 5.95. The number of phenols is 1. The van der Waals surface area contributed by atoms with Gasteiger partial charge in [-0.3, -0.25) is 0 Å². The Kier molecular flexibility index (Phi) is 6.79. The second-order valence-electron chi connectivity index (χ2n) is 8.54. The summed E-state index contributed by atoms with van der Waals surface area (Å²) in [4.78, 5) is 6.54. The van der Waals surface area contributed by atoms with Gasteiger partial charge < -0.3 is 20.1 Å². The van der Waals surface area contributed by atoms with Crippen molar-refractivity contribution < 1.29 is 23.0 Å². The van der Waals surface area contributed by atoms with E-state index < -0.39 is 11.7 Å². The maximum absolute atomic E-state index is 13.0. The molecule has 0 aliphatic carbocycles. The monoisotopic (exact) mass is 435 g/mol. The second-order valence-corrected chi connectivity index (χ2v) is 8.54. The van der Waals surface area contributed by atoms with E-state index in [1.165, 1.54) is 6.07 Å². The van der Waals surface area contributed by atoms with Crippen molar-refractivity contribution in [2.24, 2.45) is 4.99 Å². The van der Waals surface area contributed by atoms with Crippen LogP contribution in [0.5, 0.6) is 5.75 Å². The quantitative estimate of drug-likeness (QED) is 0.404. The van der Waals surface area contributed by atoms with Crippen LogP contribution < -0.4 is 5.32 Å². The van der Waals surface area contributed by atoms with Gasteiger partial charge in [-0.1, -0.05) is 39.0 Å². The predicted octanol–water partition coefficient (Wildman–Crippen LogP) is 5.01. The minimum absolute atomic E-state index is 0.0728. The summed E-state index contributed by atoms with van der Waals surface area (Å²) in [7, 11) is 0. The van der Waals surface area contributed by atoms with Crippen LogP contribution in [-0.4, -0.2) is 42.3 Å². The fourth-order valence-corrected chi connectivity index (χ4v) is 3.23. The molecule has 0 amide bonds. The summed E-state index contributed by atoms with van der Waals surface area (Å²) >= 11 is 0. The van der Waals surface area contributed by atoms with Crippen LogP contribution in [0.25, 0.3) is 0 Å². The Balaban J connectivity index is 1.89. The van der Waals surface area contributed by atoms with Crippen LogP contribution in [0.1, 0.15) is 37.5 Å². The lowest BCUT2D eigenvalue weighted by Gasteiger charge is -2.30. The van der Waals surface area contributed by atoms with E-state index in [4.69, 9.17) is 4.74 Å². The van der Waals surface area contributed by atoms with Gasteiger partial charge in [0.05, 0.1) is 31.0 Å². The zero-order valence-electron chi connectivity index (χ0n) is 18.0. The van der Waals surface area contributed by atoms with Crippen molar-refractivity contribution in [1.29, 1.82) is 0 Å². The summed E-state index contributed by atoms with van der Waals surface area (Å²) in [5.74, 6) is 0.565. The van der Waals surface area contributed by atoms with Crippen LogP contribution in [0.3, 0.4) is 0 Å². The third-order valence-corrected chi connectivity index (χ3v) is 5.09. The number of phenolic OH excluding ortho intramolecular Hbond substituents is 1. The number of morpholine rings is 1. The summed E-state index contributed by atoms with van der Waals surface area (Å²) < 4.78 is 44.5. The first-order valence-corrected chi connectivity index (χ1v) is 10.2. The number of nitrogens with one attached hydrogen (secondary N) is 1. The van der Waals surface area contributed by atoms with Gasteiger partial charge in [0.2, 0.25) is 0 Å². The second kappa shape index (κ2) is 9.18. The first-order valence-electron chi connectivity index (χ1n) is 10.2. The third kappa shape index (κ3) is 6.13. The van der Waals surface area contributed by atoms with Gasteiger partial charge in [0.25, 0.3) is 0 Å². The van der Waals surface area contributed by atoms with Crippen LogP contribution in [0.2, 0.25) is 0 Å². The minimum Gasteiger partial charge on any atom is -0.506 e. The summed E-state index contributed by atoms with van der Waals surface area (Å²) in [6.07, 6.45) is -4.40. The Hall–Kier alpha value is -2.74. The number of hydrogen-bond acceptors (Lipinski definition) is 3. The molecular weight excluding hydrogens is 407 g/mol. The molecule has 2 N–H and O–H groups in total. The molecule has 3 rings (SSSR count). The number of nitrogens with zero attached hydrogens (tertiary/aromatic N) is 2. The molecule has 0 atom stereocenters. The first-order chi connectivity index (χ1) is 14.5. The number of hydrogen-bond donors (Lipinski definition) is 2. The van der Waals surface area contributed by atoms with Gasteiger partial charge in [-0.25, -0.2) is 4.99 Å². The molecule has 0 bridgehead atoms. The van der Waals surface area contributed by atoms with Gasteiger partial charge in [0.1, 0.15) is 5.75 Å². The molecule has 1 saturated heterocycles. The number of rotatable bonds is 3. The molecule has 31 heavy (non-hydrogen) atoms. The number of anilines is 1. The molecular formula is C23H28F3N3O2. The van der Waals surface area contributed by atoms with Crippen LogP contribution in [0.15, 0.2) is 47.5 Å². The highest BCUT2D eigenvalue weighted by Crippen LogP contribution is 2.31. The number of aromatic hydroxyl groups is 1. The molecule has 1 aliphatic heterocycles. The Morgan fingerprint density at radius 2 is 1.77 bits per heavy atom. The molecule has 1 aliphatic rings. The lowest BCUT2D eigenvalue weighted by Crippen LogP contribution is -2.44. The van der Waals surface area contributed by atoms with Gasteiger partial charge >= 0.3 is 6.18 Å². The molecule has 1 heterocycles. The number of halogens is 3. The number of alkyl halides is 3. The van der Waals surface area contributed by atoms with Crippen molar-refractivity contribution in [2.75, 3.05) is 31.6 Å².